The van der Waals surface area contributed by atoms with Crippen LogP contribution in [0.15, 0.2) is 24.9 Å². The second-order valence-corrected chi connectivity index (χ2v) is 3.59. The van der Waals surface area contributed by atoms with E-state index >= 15 is 0 Å². The number of rotatable bonds is 6. The van der Waals surface area contributed by atoms with Crippen LogP contribution in [0.2, 0.25) is 0 Å². The molecular weight excluding hydrogens is 220 g/mol. The van der Waals surface area contributed by atoms with Crippen molar-refractivity contribution in [1.82, 2.24) is 4.98 Å². The van der Waals surface area contributed by atoms with Crippen molar-refractivity contribution < 1.29 is 15.0 Å². The largest absolute Gasteiger partial charge is 0.478 e. The fourth-order valence-corrected chi connectivity index (χ4v) is 1.61. The third-order valence-electron chi connectivity index (χ3n) is 2.37. The first-order valence-corrected chi connectivity index (χ1v) is 5.27. The van der Waals surface area contributed by atoms with Gasteiger partial charge in [-0.2, -0.15) is 0 Å². The molecule has 92 valence electrons. The molecule has 0 radical (unpaired) electrons. The van der Waals surface area contributed by atoms with Gasteiger partial charge in [-0.05, 0) is 18.6 Å². The van der Waals surface area contributed by atoms with Crippen molar-refractivity contribution in [2.75, 3.05) is 24.6 Å². The number of anilines is 1. The molecule has 17 heavy (non-hydrogen) atoms. The molecule has 0 saturated carbocycles. The van der Waals surface area contributed by atoms with E-state index in [0.717, 1.165) is 0 Å². The summed E-state index contributed by atoms with van der Waals surface area (Å²) in [6, 6.07) is 1.65. The molecular formula is C12H16N2O3. The first-order chi connectivity index (χ1) is 8.11. The van der Waals surface area contributed by atoms with E-state index in [-0.39, 0.29) is 12.2 Å². The minimum atomic E-state index is -1.02. The van der Waals surface area contributed by atoms with Gasteiger partial charge < -0.3 is 15.1 Å². The lowest BCUT2D eigenvalue weighted by molar-refractivity contribution is 0.0696. The van der Waals surface area contributed by atoms with Crippen molar-refractivity contribution in [2.24, 2.45) is 0 Å². The van der Waals surface area contributed by atoms with Crippen LogP contribution in [0.3, 0.4) is 0 Å². The van der Waals surface area contributed by atoms with Gasteiger partial charge in [0.2, 0.25) is 0 Å². The zero-order chi connectivity index (χ0) is 12.8. The van der Waals surface area contributed by atoms with Gasteiger partial charge in [0.05, 0.1) is 6.61 Å². The molecule has 0 aliphatic carbocycles. The van der Waals surface area contributed by atoms with Gasteiger partial charge in [-0.3, -0.25) is 0 Å². The smallest absolute Gasteiger partial charge is 0.339 e. The van der Waals surface area contributed by atoms with E-state index in [0.29, 0.717) is 24.5 Å². The maximum absolute atomic E-state index is 11.2. The first kappa shape index (κ1) is 13.2. The van der Waals surface area contributed by atoms with Gasteiger partial charge in [-0.1, -0.05) is 6.08 Å². The molecule has 0 bridgehead atoms. The highest BCUT2D eigenvalue weighted by molar-refractivity contribution is 5.95. The molecule has 1 aromatic rings. The van der Waals surface area contributed by atoms with Crippen molar-refractivity contribution in [2.45, 2.75) is 6.92 Å². The van der Waals surface area contributed by atoms with Crippen molar-refractivity contribution in [3.63, 3.8) is 0 Å². The van der Waals surface area contributed by atoms with E-state index in [1.807, 2.05) is 0 Å². The summed E-state index contributed by atoms with van der Waals surface area (Å²) in [5.41, 5.74) is 0.817. The highest BCUT2D eigenvalue weighted by Crippen LogP contribution is 2.20. The Bertz CT molecular complexity index is 418. The number of aliphatic hydroxyl groups is 1. The maximum atomic E-state index is 11.2. The lowest BCUT2D eigenvalue weighted by Gasteiger charge is -2.23. The molecule has 0 unspecified atom stereocenters. The number of nitrogens with zero attached hydrogens (tertiary/aromatic N) is 2. The van der Waals surface area contributed by atoms with Crippen LogP contribution in [0.25, 0.3) is 0 Å². The van der Waals surface area contributed by atoms with Crippen LogP contribution in [-0.4, -0.2) is 40.9 Å². The second-order valence-electron chi connectivity index (χ2n) is 3.59. The van der Waals surface area contributed by atoms with E-state index in [1.165, 1.54) is 0 Å². The number of hydrogen-bond donors (Lipinski definition) is 2. The number of carbonyl (C=O) groups is 1. The van der Waals surface area contributed by atoms with Gasteiger partial charge in [0.1, 0.15) is 11.4 Å². The average molecular weight is 236 g/mol. The highest BCUT2D eigenvalue weighted by Gasteiger charge is 2.18. The van der Waals surface area contributed by atoms with Gasteiger partial charge >= 0.3 is 5.97 Å². The zero-order valence-electron chi connectivity index (χ0n) is 9.76. The van der Waals surface area contributed by atoms with E-state index in [2.05, 4.69) is 11.6 Å². The van der Waals surface area contributed by atoms with Crippen LogP contribution in [0.5, 0.6) is 0 Å². The van der Waals surface area contributed by atoms with Gasteiger partial charge in [0, 0.05) is 19.3 Å². The summed E-state index contributed by atoms with van der Waals surface area (Å²) in [5, 5.41) is 18.1. The highest BCUT2D eigenvalue weighted by atomic mass is 16.4. The number of aromatic carboxylic acids is 1. The van der Waals surface area contributed by atoms with Gasteiger partial charge in [0.15, 0.2) is 0 Å². The molecule has 0 spiro atoms. The summed E-state index contributed by atoms with van der Waals surface area (Å²) in [7, 11) is 0. The zero-order valence-corrected chi connectivity index (χ0v) is 9.76. The Hall–Kier alpha value is -1.88. The van der Waals surface area contributed by atoms with Crippen LogP contribution in [0.1, 0.15) is 15.9 Å². The van der Waals surface area contributed by atoms with Crippen LogP contribution in [-0.2, 0) is 0 Å². The molecule has 0 aliphatic heterocycles. The predicted molar refractivity (Wildman–Crippen MR) is 65.4 cm³/mol. The lowest BCUT2D eigenvalue weighted by atomic mass is 10.1. The van der Waals surface area contributed by atoms with Gasteiger partial charge in [-0.25, -0.2) is 9.78 Å². The maximum Gasteiger partial charge on any atom is 0.339 e. The Kier molecular flexibility index (Phi) is 4.66. The summed E-state index contributed by atoms with van der Waals surface area (Å²) in [5.74, 6) is -0.649. The SMILES string of the molecule is C=CCN(CCO)c1nccc(C)c1C(=O)O. The van der Waals surface area contributed by atoms with Crippen molar-refractivity contribution in [1.29, 1.82) is 0 Å². The number of carboxylic acid groups (broad SMARTS) is 1. The molecule has 1 rings (SSSR count). The summed E-state index contributed by atoms with van der Waals surface area (Å²) < 4.78 is 0. The number of pyridine rings is 1. The van der Waals surface area contributed by atoms with Crippen molar-refractivity contribution in [3.8, 4) is 0 Å². The number of aliphatic hydroxyl groups excluding tert-OH is 1. The van der Waals surface area contributed by atoms with Crippen molar-refractivity contribution in [3.05, 3.63) is 36.0 Å². The monoisotopic (exact) mass is 236 g/mol. The van der Waals surface area contributed by atoms with Crippen LogP contribution in [0.4, 0.5) is 5.82 Å². The quantitative estimate of drug-likeness (QED) is 0.723. The number of aromatic nitrogens is 1. The normalized spacial score (nSPS) is 10.0. The fraction of sp³-hybridized carbons (Fsp3) is 0.333. The van der Waals surface area contributed by atoms with E-state index in [9.17, 15) is 9.90 Å². The van der Waals surface area contributed by atoms with Gasteiger partial charge in [0.25, 0.3) is 0 Å². The molecule has 1 aromatic heterocycles. The molecule has 1 heterocycles. The number of aryl methyl sites for hydroxylation is 1. The molecule has 2 N–H and O–H groups in total. The predicted octanol–water partition coefficient (Wildman–Crippen LogP) is 1.07. The summed E-state index contributed by atoms with van der Waals surface area (Å²) in [6.45, 7) is 6.03. The fourth-order valence-electron chi connectivity index (χ4n) is 1.61. The average Bonchev–Trinajstić information content (AvgIpc) is 2.28. The third kappa shape index (κ3) is 3.04. The summed E-state index contributed by atoms with van der Waals surface area (Å²) in [4.78, 5) is 17.0. The summed E-state index contributed by atoms with van der Waals surface area (Å²) in [6.07, 6.45) is 3.20. The van der Waals surface area contributed by atoms with Crippen LogP contribution >= 0.6 is 0 Å². The Morgan fingerprint density at radius 2 is 2.35 bits per heavy atom. The first-order valence-electron chi connectivity index (χ1n) is 5.27. The molecule has 0 amide bonds. The standard InChI is InChI=1S/C12H16N2O3/c1-3-6-14(7-8-15)11-10(12(16)17)9(2)4-5-13-11/h3-5,15H,1,6-8H2,2H3,(H,16,17). The molecule has 0 atom stereocenters. The van der Waals surface area contributed by atoms with E-state index in [1.54, 1.807) is 30.2 Å². The Morgan fingerprint density at radius 1 is 1.65 bits per heavy atom. The lowest BCUT2D eigenvalue weighted by Crippen LogP contribution is -2.29. The Morgan fingerprint density at radius 3 is 2.88 bits per heavy atom. The molecule has 5 heteroatoms. The molecule has 0 aromatic carbocycles. The second kappa shape index (κ2) is 6.00. The molecule has 0 fully saturated rings. The number of hydrogen-bond acceptors (Lipinski definition) is 4. The Labute approximate surface area is 100 Å². The minimum Gasteiger partial charge on any atom is -0.478 e. The van der Waals surface area contributed by atoms with Crippen LogP contribution in [0, 0.1) is 6.92 Å². The van der Waals surface area contributed by atoms with E-state index in [4.69, 9.17) is 5.11 Å². The van der Waals surface area contributed by atoms with E-state index < -0.39 is 5.97 Å². The number of carboxylic acids is 1. The van der Waals surface area contributed by atoms with Crippen molar-refractivity contribution >= 4 is 11.8 Å². The topological polar surface area (TPSA) is 73.7 Å². The molecule has 0 aliphatic rings. The van der Waals surface area contributed by atoms with Crippen LogP contribution < -0.4 is 4.90 Å². The van der Waals surface area contributed by atoms with Gasteiger partial charge in [-0.15, -0.1) is 6.58 Å². The third-order valence-corrected chi connectivity index (χ3v) is 2.37. The molecule has 0 saturated heterocycles. The minimum absolute atomic E-state index is 0.0669. The Balaban J connectivity index is 3.21. The summed E-state index contributed by atoms with van der Waals surface area (Å²) >= 11 is 0. The molecule has 5 nitrogen and oxygen atoms in total.